The van der Waals surface area contributed by atoms with E-state index in [4.69, 9.17) is 4.74 Å². The van der Waals surface area contributed by atoms with Crippen LogP contribution in [0.3, 0.4) is 0 Å². The van der Waals surface area contributed by atoms with Crippen LogP contribution in [0, 0.1) is 6.92 Å². The number of esters is 1. The van der Waals surface area contributed by atoms with Gasteiger partial charge in [-0.15, -0.1) is 0 Å². The molecule has 0 radical (unpaired) electrons. The highest BCUT2D eigenvalue weighted by atomic mass is 32.2. The zero-order valence-corrected chi connectivity index (χ0v) is 10.2. The van der Waals surface area contributed by atoms with Gasteiger partial charge in [-0.05, 0) is 19.1 Å². The summed E-state index contributed by atoms with van der Waals surface area (Å²) >= 11 is 0. The van der Waals surface area contributed by atoms with Gasteiger partial charge < -0.3 is 4.74 Å². The molecule has 4 nitrogen and oxygen atoms in total. The summed E-state index contributed by atoms with van der Waals surface area (Å²) in [5.74, 6) is -0.541. The lowest BCUT2D eigenvalue weighted by atomic mass is 10.2. The maximum Gasteiger partial charge on any atom is 0.334 e. The van der Waals surface area contributed by atoms with Gasteiger partial charge in [-0.25, -0.2) is 13.2 Å². The van der Waals surface area contributed by atoms with E-state index in [0.29, 0.717) is 6.42 Å². The Morgan fingerprint density at radius 2 is 1.88 bits per heavy atom. The van der Waals surface area contributed by atoms with Crippen molar-refractivity contribution in [1.29, 1.82) is 0 Å². The molecule has 0 atom stereocenters. The minimum Gasteiger partial charge on any atom is -0.462 e. The van der Waals surface area contributed by atoms with Crippen LogP contribution < -0.4 is 0 Å². The summed E-state index contributed by atoms with van der Waals surface area (Å²) in [4.78, 5) is 11.4. The number of carbonyl (C=O) groups is 1. The van der Waals surface area contributed by atoms with Gasteiger partial charge in [0.05, 0.1) is 17.1 Å². The minimum absolute atomic E-state index is 0.190. The lowest BCUT2D eigenvalue weighted by Gasteiger charge is -2.00. The van der Waals surface area contributed by atoms with Gasteiger partial charge in [-0.3, -0.25) is 0 Å². The zero-order valence-electron chi connectivity index (χ0n) is 9.34. The zero-order chi connectivity index (χ0) is 12.5. The van der Waals surface area contributed by atoms with Crippen molar-refractivity contribution in [2.75, 3.05) is 6.61 Å². The molecule has 5 heteroatoms. The van der Waals surface area contributed by atoms with Crippen LogP contribution in [-0.4, -0.2) is 21.0 Å². The first-order chi connectivity index (χ1) is 7.99. The molecule has 0 amide bonds. The molecule has 0 saturated carbocycles. The first kappa shape index (κ1) is 11.9. The number of benzene rings is 1. The van der Waals surface area contributed by atoms with E-state index in [9.17, 15) is 13.2 Å². The molecule has 1 saturated heterocycles. The summed E-state index contributed by atoms with van der Waals surface area (Å²) in [5.41, 5.74) is 1.20. The van der Waals surface area contributed by atoms with Crippen LogP contribution in [0.1, 0.15) is 12.0 Å². The van der Waals surface area contributed by atoms with Crippen LogP contribution in [-0.2, 0) is 19.4 Å². The van der Waals surface area contributed by atoms with Gasteiger partial charge in [-0.2, -0.15) is 0 Å². The molecule has 90 valence electrons. The van der Waals surface area contributed by atoms with Crippen molar-refractivity contribution in [1.82, 2.24) is 0 Å². The standard InChI is InChI=1S/C12H12O4S/c1-9-2-4-11(5-3-9)17(14,15)8-10-6-7-16-12(10)13/h2-5,8H,6-7H2,1H3. The van der Waals surface area contributed by atoms with Gasteiger partial charge in [0.25, 0.3) is 0 Å². The van der Waals surface area contributed by atoms with Crippen LogP contribution >= 0.6 is 0 Å². The summed E-state index contributed by atoms with van der Waals surface area (Å²) in [6.07, 6.45) is 0.351. The summed E-state index contributed by atoms with van der Waals surface area (Å²) in [6, 6.07) is 6.50. The first-order valence-corrected chi connectivity index (χ1v) is 6.73. The SMILES string of the molecule is Cc1ccc(S(=O)(=O)C=C2CCOC2=O)cc1. The predicted molar refractivity (Wildman–Crippen MR) is 62.0 cm³/mol. The summed E-state index contributed by atoms with van der Waals surface area (Å²) in [5, 5.41) is 1.01. The van der Waals surface area contributed by atoms with Crippen molar-refractivity contribution < 1.29 is 17.9 Å². The molecule has 0 N–H and O–H groups in total. The van der Waals surface area contributed by atoms with Crippen molar-refractivity contribution in [3.05, 3.63) is 40.8 Å². The van der Waals surface area contributed by atoms with Crippen LogP contribution in [0.25, 0.3) is 0 Å². The normalized spacial score (nSPS) is 18.4. The van der Waals surface area contributed by atoms with E-state index in [1.54, 1.807) is 12.1 Å². The Bertz CT molecular complexity index is 567. The monoisotopic (exact) mass is 252 g/mol. The van der Waals surface area contributed by atoms with Crippen molar-refractivity contribution in [3.63, 3.8) is 0 Å². The van der Waals surface area contributed by atoms with Gasteiger partial charge in [0.2, 0.25) is 0 Å². The molecule has 1 aliphatic rings. The predicted octanol–water partition coefficient (Wildman–Crippen LogP) is 1.60. The van der Waals surface area contributed by atoms with Crippen LogP contribution in [0.15, 0.2) is 40.1 Å². The second-order valence-electron chi connectivity index (χ2n) is 3.89. The number of hydrogen-bond acceptors (Lipinski definition) is 4. The van der Waals surface area contributed by atoms with Crippen molar-refractivity contribution in [2.24, 2.45) is 0 Å². The number of aryl methyl sites for hydroxylation is 1. The third-order valence-electron chi connectivity index (χ3n) is 2.51. The third kappa shape index (κ3) is 2.55. The number of hydrogen-bond donors (Lipinski definition) is 0. The van der Waals surface area contributed by atoms with Gasteiger partial charge in [-0.1, -0.05) is 17.7 Å². The molecule has 1 heterocycles. The van der Waals surface area contributed by atoms with Crippen molar-refractivity contribution in [2.45, 2.75) is 18.2 Å². The van der Waals surface area contributed by atoms with Crippen molar-refractivity contribution >= 4 is 15.8 Å². The molecule has 2 rings (SSSR count). The second kappa shape index (κ2) is 4.33. The van der Waals surface area contributed by atoms with Crippen LogP contribution in [0.4, 0.5) is 0 Å². The maximum absolute atomic E-state index is 12.0. The Balaban J connectivity index is 2.37. The molecular weight excluding hydrogens is 240 g/mol. The number of carbonyl (C=O) groups excluding carboxylic acids is 1. The number of sulfone groups is 1. The number of rotatable bonds is 2. The maximum atomic E-state index is 12.0. The van der Waals surface area contributed by atoms with E-state index in [-0.39, 0.29) is 17.1 Å². The molecule has 1 aromatic carbocycles. The van der Waals surface area contributed by atoms with E-state index in [2.05, 4.69) is 0 Å². The Hall–Kier alpha value is -1.62. The topological polar surface area (TPSA) is 60.4 Å². The Kier molecular flexibility index (Phi) is 3.02. The van der Waals surface area contributed by atoms with E-state index in [1.807, 2.05) is 6.92 Å². The fourth-order valence-corrected chi connectivity index (χ4v) is 2.78. The molecule has 0 bridgehead atoms. The highest BCUT2D eigenvalue weighted by Crippen LogP contribution is 2.19. The van der Waals surface area contributed by atoms with E-state index >= 15 is 0 Å². The van der Waals surface area contributed by atoms with E-state index < -0.39 is 15.8 Å². The fourth-order valence-electron chi connectivity index (χ4n) is 1.54. The quantitative estimate of drug-likeness (QED) is 0.592. The highest BCUT2D eigenvalue weighted by Gasteiger charge is 2.22. The molecule has 0 unspecified atom stereocenters. The number of cyclic esters (lactones) is 1. The number of ether oxygens (including phenoxy) is 1. The van der Waals surface area contributed by atoms with E-state index in [0.717, 1.165) is 11.0 Å². The fraction of sp³-hybridized carbons (Fsp3) is 0.250. The summed E-state index contributed by atoms with van der Waals surface area (Å²) < 4.78 is 28.6. The minimum atomic E-state index is -3.56. The molecule has 1 aliphatic heterocycles. The molecule has 17 heavy (non-hydrogen) atoms. The van der Waals surface area contributed by atoms with Gasteiger partial charge in [0.15, 0.2) is 9.84 Å². The first-order valence-electron chi connectivity index (χ1n) is 5.18. The smallest absolute Gasteiger partial charge is 0.334 e. The molecule has 1 fully saturated rings. The molecular formula is C12H12O4S. The van der Waals surface area contributed by atoms with Gasteiger partial charge in [0, 0.05) is 11.8 Å². The summed E-state index contributed by atoms with van der Waals surface area (Å²) in [7, 11) is -3.56. The van der Waals surface area contributed by atoms with Gasteiger partial charge >= 0.3 is 5.97 Å². The Morgan fingerprint density at radius 3 is 2.41 bits per heavy atom. The largest absolute Gasteiger partial charge is 0.462 e. The highest BCUT2D eigenvalue weighted by molar-refractivity contribution is 7.94. The average molecular weight is 252 g/mol. The molecule has 1 aromatic rings. The Labute approximate surface area is 99.8 Å². The lowest BCUT2D eigenvalue weighted by molar-refractivity contribution is -0.135. The van der Waals surface area contributed by atoms with Gasteiger partial charge in [0.1, 0.15) is 0 Å². The van der Waals surface area contributed by atoms with Crippen LogP contribution in [0.2, 0.25) is 0 Å². The molecule has 0 spiro atoms. The lowest BCUT2D eigenvalue weighted by Crippen LogP contribution is -2.01. The third-order valence-corrected chi connectivity index (χ3v) is 4.04. The van der Waals surface area contributed by atoms with Crippen LogP contribution in [0.5, 0.6) is 0 Å². The van der Waals surface area contributed by atoms with E-state index in [1.165, 1.54) is 12.1 Å². The average Bonchev–Trinajstić information content (AvgIpc) is 2.64. The summed E-state index contributed by atoms with van der Waals surface area (Å²) in [6.45, 7) is 2.14. The molecule has 0 aliphatic carbocycles. The molecule has 0 aromatic heterocycles. The Morgan fingerprint density at radius 1 is 1.24 bits per heavy atom. The second-order valence-corrected chi connectivity index (χ2v) is 5.68. The van der Waals surface area contributed by atoms with Crippen molar-refractivity contribution in [3.8, 4) is 0 Å².